The van der Waals surface area contributed by atoms with Crippen molar-refractivity contribution in [2.24, 2.45) is 0 Å². The van der Waals surface area contributed by atoms with Gasteiger partial charge < -0.3 is 0 Å². The number of benzene rings is 2. The number of nitrogens with one attached hydrogen (secondary N) is 2. The van der Waals surface area contributed by atoms with Gasteiger partial charge in [0, 0.05) is 18.0 Å². The largest absolute Gasteiger partial charge is 0.417 e. The van der Waals surface area contributed by atoms with Crippen LogP contribution in [0.5, 0.6) is 0 Å². The smallest absolute Gasteiger partial charge is 0.267 e. The maximum Gasteiger partial charge on any atom is 0.417 e. The van der Waals surface area contributed by atoms with Crippen molar-refractivity contribution in [3.05, 3.63) is 92.7 Å². The molecule has 0 aliphatic heterocycles. The Balaban J connectivity index is 1.68. The molecule has 1 atom stereocenters. The Bertz CT molecular complexity index is 1410. The molecule has 39 heavy (non-hydrogen) atoms. The Morgan fingerprint density at radius 2 is 1.69 bits per heavy atom. The van der Waals surface area contributed by atoms with Gasteiger partial charge in [-0.3, -0.25) is 15.6 Å². The second kappa shape index (κ2) is 11.0. The van der Waals surface area contributed by atoms with Crippen molar-refractivity contribution in [1.29, 1.82) is 0 Å². The third kappa shape index (κ3) is 6.80. The normalized spacial score (nSPS) is 15.2. The fourth-order valence-electron chi connectivity index (χ4n) is 3.79. The Hall–Kier alpha value is -3.38. The number of amides is 1. The molecule has 14 heteroatoms. The standard InChI is InChI=1S/C25H17Cl2F7N4O/c26-19-10-14(8-16(21(19)27)12-2-3-12)17(24(29,30)31)11-20(28)13-4-5-15(18(9-13)25(32,33)34)22(39)37-38-23-35-6-1-7-36-23/h1,4-12,17H,2-3H2,(H,37,39)(H,35,36,38)/b20-11-. The molecule has 0 spiro atoms. The van der Waals surface area contributed by atoms with E-state index in [1.165, 1.54) is 24.5 Å². The van der Waals surface area contributed by atoms with Gasteiger partial charge in [-0.05, 0) is 60.2 Å². The Labute approximate surface area is 227 Å². The van der Waals surface area contributed by atoms with Crippen LogP contribution in [0.1, 0.15) is 57.3 Å². The summed E-state index contributed by atoms with van der Waals surface area (Å²) in [7, 11) is 0. The lowest BCUT2D eigenvalue weighted by Gasteiger charge is -2.20. The third-order valence-corrected chi connectivity index (χ3v) is 6.64. The Kier molecular flexibility index (Phi) is 8.08. The van der Waals surface area contributed by atoms with Gasteiger partial charge >= 0.3 is 12.4 Å². The van der Waals surface area contributed by atoms with Crippen molar-refractivity contribution in [1.82, 2.24) is 15.4 Å². The first-order chi connectivity index (χ1) is 18.3. The molecule has 0 saturated heterocycles. The average molecular weight is 593 g/mol. The number of anilines is 1. The number of rotatable bonds is 7. The molecule has 1 heterocycles. The number of carbonyl (C=O) groups excluding carboxylic acids is 1. The molecule has 0 bridgehead atoms. The summed E-state index contributed by atoms with van der Waals surface area (Å²) in [5.41, 5.74) is 0.915. The third-order valence-electron chi connectivity index (χ3n) is 5.82. The van der Waals surface area contributed by atoms with Crippen molar-refractivity contribution in [2.75, 3.05) is 5.43 Å². The number of nitrogens with zero attached hydrogens (tertiary/aromatic N) is 2. The number of aromatic nitrogens is 2. The molecule has 2 aromatic carbocycles. The van der Waals surface area contributed by atoms with Gasteiger partial charge in [0.2, 0.25) is 5.95 Å². The number of allylic oxidation sites excluding steroid dienone is 1. The van der Waals surface area contributed by atoms with Crippen LogP contribution in [0.4, 0.5) is 36.7 Å². The van der Waals surface area contributed by atoms with Gasteiger partial charge in [0.25, 0.3) is 5.91 Å². The minimum absolute atomic E-state index is 0.0753. The maximum absolute atomic E-state index is 15.1. The van der Waals surface area contributed by atoms with E-state index in [0.29, 0.717) is 24.5 Å². The maximum atomic E-state index is 15.1. The van der Waals surface area contributed by atoms with Crippen LogP contribution in [-0.4, -0.2) is 22.1 Å². The second-order valence-corrected chi connectivity index (χ2v) is 9.41. The highest BCUT2D eigenvalue weighted by molar-refractivity contribution is 6.42. The van der Waals surface area contributed by atoms with E-state index in [9.17, 15) is 31.1 Å². The van der Waals surface area contributed by atoms with Crippen molar-refractivity contribution in [3.63, 3.8) is 0 Å². The first-order valence-electron chi connectivity index (χ1n) is 11.2. The first-order valence-corrected chi connectivity index (χ1v) is 12.0. The summed E-state index contributed by atoms with van der Waals surface area (Å²) < 4.78 is 98.4. The number of hydrogen-bond acceptors (Lipinski definition) is 4. The quantitative estimate of drug-likeness (QED) is 0.215. The van der Waals surface area contributed by atoms with E-state index in [1.54, 1.807) is 0 Å². The summed E-state index contributed by atoms with van der Waals surface area (Å²) in [6, 6.07) is 5.29. The van der Waals surface area contributed by atoms with Gasteiger partial charge in [-0.1, -0.05) is 35.3 Å². The Morgan fingerprint density at radius 1 is 1.03 bits per heavy atom. The molecule has 4 rings (SSSR count). The van der Waals surface area contributed by atoms with E-state index in [0.717, 1.165) is 12.1 Å². The number of halogens is 9. The molecule has 1 unspecified atom stereocenters. The monoisotopic (exact) mass is 592 g/mol. The van der Waals surface area contributed by atoms with E-state index < -0.39 is 52.3 Å². The van der Waals surface area contributed by atoms with Crippen LogP contribution in [0.2, 0.25) is 10.0 Å². The zero-order valence-electron chi connectivity index (χ0n) is 19.5. The van der Waals surface area contributed by atoms with Crippen molar-refractivity contribution >= 4 is 40.9 Å². The van der Waals surface area contributed by atoms with Crippen LogP contribution in [-0.2, 0) is 6.18 Å². The molecule has 1 amide bonds. The van der Waals surface area contributed by atoms with Gasteiger partial charge in [0.05, 0.1) is 21.2 Å². The minimum Gasteiger partial charge on any atom is -0.267 e. The second-order valence-electron chi connectivity index (χ2n) is 8.62. The molecule has 206 valence electrons. The van der Waals surface area contributed by atoms with E-state index in [1.807, 2.05) is 5.43 Å². The van der Waals surface area contributed by atoms with Gasteiger partial charge in [-0.2, -0.15) is 26.3 Å². The van der Waals surface area contributed by atoms with Crippen LogP contribution in [0.15, 0.2) is 54.9 Å². The van der Waals surface area contributed by atoms with Crippen LogP contribution < -0.4 is 10.9 Å². The van der Waals surface area contributed by atoms with Crippen molar-refractivity contribution in [3.8, 4) is 0 Å². The molecular formula is C25H17Cl2F7N4O. The van der Waals surface area contributed by atoms with Gasteiger partial charge in [0.15, 0.2) is 0 Å². The summed E-state index contributed by atoms with van der Waals surface area (Å²) in [6.07, 6.45) is -5.95. The minimum atomic E-state index is -5.14. The zero-order valence-corrected chi connectivity index (χ0v) is 21.0. The summed E-state index contributed by atoms with van der Waals surface area (Å²) in [5.74, 6) is -5.56. The SMILES string of the molecule is O=C(NNc1ncccn1)c1ccc(/C(F)=C/C(c2cc(Cl)c(Cl)c(C3CC3)c2)C(F)(F)F)cc1C(F)(F)F. The molecule has 5 nitrogen and oxygen atoms in total. The number of alkyl halides is 6. The molecule has 2 N–H and O–H groups in total. The first kappa shape index (κ1) is 28.6. The predicted octanol–water partition coefficient (Wildman–Crippen LogP) is 8.09. The van der Waals surface area contributed by atoms with E-state index in [-0.39, 0.29) is 34.1 Å². The van der Waals surface area contributed by atoms with Crippen LogP contribution in [0.3, 0.4) is 0 Å². The van der Waals surface area contributed by atoms with E-state index in [4.69, 9.17) is 23.2 Å². The fraction of sp³-hybridized carbons (Fsp3) is 0.240. The van der Waals surface area contributed by atoms with Crippen LogP contribution >= 0.6 is 23.2 Å². The highest BCUT2D eigenvalue weighted by Gasteiger charge is 2.41. The van der Waals surface area contributed by atoms with E-state index >= 15 is 4.39 Å². The van der Waals surface area contributed by atoms with Gasteiger partial charge in [0.1, 0.15) is 11.7 Å². The van der Waals surface area contributed by atoms with Crippen molar-refractivity contribution in [2.45, 2.75) is 37.0 Å². The molecule has 3 aromatic rings. The highest BCUT2D eigenvalue weighted by atomic mass is 35.5. The highest BCUT2D eigenvalue weighted by Crippen LogP contribution is 2.48. The molecule has 1 aromatic heterocycles. The topological polar surface area (TPSA) is 66.9 Å². The summed E-state index contributed by atoms with van der Waals surface area (Å²) in [4.78, 5) is 19.9. The molecule has 0 radical (unpaired) electrons. The number of hydrogen-bond donors (Lipinski definition) is 2. The molecule has 1 aliphatic carbocycles. The number of hydrazine groups is 1. The fourth-order valence-corrected chi connectivity index (χ4v) is 4.29. The molecule has 1 aliphatic rings. The van der Waals surface area contributed by atoms with Crippen LogP contribution in [0, 0.1) is 0 Å². The van der Waals surface area contributed by atoms with Crippen LogP contribution in [0.25, 0.3) is 5.83 Å². The summed E-state index contributed by atoms with van der Waals surface area (Å²) in [5, 5.41) is -0.0475. The summed E-state index contributed by atoms with van der Waals surface area (Å²) in [6.45, 7) is 0. The molecule has 1 fully saturated rings. The van der Waals surface area contributed by atoms with E-state index in [2.05, 4.69) is 15.4 Å². The van der Waals surface area contributed by atoms with Gasteiger partial charge in [-0.15, -0.1) is 0 Å². The van der Waals surface area contributed by atoms with Gasteiger partial charge in [-0.25, -0.2) is 14.4 Å². The average Bonchev–Trinajstić information content (AvgIpc) is 3.72. The number of carbonyl (C=O) groups is 1. The lowest BCUT2D eigenvalue weighted by atomic mass is 9.93. The lowest BCUT2D eigenvalue weighted by molar-refractivity contribution is -0.140. The van der Waals surface area contributed by atoms with Crippen molar-refractivity contribution < 1.29 is 35.5 Å². The molecular weight excluding hydrogens is 576 g/mol. The lowest BCUT2D eigenvalue weighted by Crippen LogP contribution is -2.32. The predicted molar refractivity (Wildman–Crippen MR) is 131 cm³/mol. The summed E-state index contributed by atoms with van der Waals surface area (Å²) >= 11 is 12.2. The zero-order chi connectivity index (χ0) is 28.5. The Morgan fingerprint density at radius 3 is 2.28 bits per heavy atom. The molecule has 1 saturated carbocycles.